The Kier molecular flexibility index (Phi) is 4.63. The Morgan fingerprint density at radius 1 is 1.00 bits per heavy atom. The van der Waals surface area contributed by atoms with E-state index < -0.39 is 11.6 Å². The molecule has 0 aliphatic heterocycles. The van der Waals surface area contributed by atoms with Crippen molar-refractivity contribution in [3.8, 4) is 0 Å². The standard InChI is InChI=1S/C15H14F2N2S/c1-2-10-4-3-5-13(6-10)18-15(20)19-14-8-11(16)7-12(17)9-14/h3-9H,2H2,1H3,(H2,18,19,20). The summed E-state index contributed by atoms with van der Waals surface area (Å²) in [6.45, 7) is 2.06. The molecule has 2 N–H and O–H groups in total. The molecule has 5 heteroatoms. The van der Waals surface area contributed by atoms with Crippen LogP contribution in [0.3, 0.4) is 0 Å². The summed E-state index contributed by atoms with van der Waals surface area (Å²) >= 11 is 5.12. The Morgan fingerprint density at radius 3 is 2.30 bits per heavy atom. The van der Waals surface area contributed by atoms with Gasteiger partial charge in [0.1, 0.15) is 11.6 Å². The molecule has 0 atom stereocenters. The van der Waals surface area contributed by atoms with Crippen LogP contribution in [0, 0.1) is 11.6 Å². The predicted octanol–water partition coefficient (Wildman–Crippen LogP) is 4.34. The first-order valence-corrected chi connectivity index (χ1v) is 6.60. The summed E-state index contributed by atoms with van der Waals surface area (Å²) < 4.78 is 26.1. The molecule has 0 heterocycles. The zero-order chi connectivity index (χ0) is 14.5. The zero-order valence-corrected chi connectivity index (χ0v) is 11.7. The second-order valence-corrected chi connectivity index (χ2v) is 4.70. The summed E-state index contributed by atoms with van der Waals surface area (Å²) in [7, 11) is 0. The first kappa shape index (κ1) is 14.4. The molecule has 0 bridgehead atoms. The van der Waals surface area contributed by atoms with Crippen LogP contribution in [0.15, 0.2) is 42.5 Å². The summed E-state index contributed by atoms with van der Waals surface area (Å²) in [6, 6.07) is 11.0. The van der Waals surface area contributed by atoms with Crippen molar-refractivity contribution in [2.45, 2.75) is 13.3 Å². The third-order valence-corrected chi connectivity index (χ3v) is 2.92. The van der Waals surface area contributed by atoms with E-state index >= 15 is 0 Å². The minimum absolute atomic E-state index is 0.270. The molecule has 0 saturated heterocycles. The highest BCUT2D eigenvalue weighted by molar-refractivity contribution is 7.80. The van der Waals surface area contributed by atoms with Crippen LogP contribution in [0.5, 0.6) is 0 Å². The van der Waals surface area contributed by atoms with Gasteiger partial charge in [0.25, 0.3) is 0 Å². The lowest BCUT2D eigenvalue weighted by Gasteiger charge is -2.11. The van der Waals surface area contributed by atoms with Gasteiger partial charge in [-0.2, -0.15) is 0 Å². The minimum atomic E-state index is -0.650. The van der Waals surface area contributed by atoms with E-state index in [0.29, 0.717) is 0 Å². The normalized spacial score (nSPS) is 10.2. The number of rotatable bonds is 3. The van der Waals surface area contributed by atoms with Gasteiger partial charge in [0.05, 0.1) is 0 Å². The van der Waals surface area contributed by atoms with E-state index in [1.165, 1.54) is 17.7 Å². The highest BCUT2D eigenvalue weighted by atomic mass is 32.1. The molecule has 0 spiro atoms. The van der Waals surface area contributed by atoms with Crippen LogP contribution < -0.4 is 10.6 Å². The molecule has 2 aromatic rings. The van der Waals surface area contributed by atoms with Crippen LogP contribution in [0.4, 0.5) is 20.2 Å². The van der Waals surface area contributed by atoms with E-state index in [-0.39, 0.29) is 10.8 Å². The lowest BCUT2D eigenvalue weighted by Crippen LogP contribution is -2.19. The summed E-state index contributed by atoms with van der Waals surface area (Å²) in [4.78, 5) is 0. The van der Waals surface area contributed by atoms with Crippen LogP contribution >= 0.6 is 12.2 Å². The van der Waals surface area contributed by atoms with E-state index in [0.717, 1.165) is 18.2 Å². The highest BCUT2D eigenvalue weighted by Gasteiger charge is 2.03. The second kappa shape index (κ2) is 6.43. The van der Waals surface area contributed by atoms with Crippen LogP contribution in [0.25, 0.3) is 0 Å². The molecule has 0 aliphatic rings. The minimum Gasteiger partial charge on any atom is -0.332 e. The Hall–Kier alpha value is -2.01. The van der Waals surface area contributed by atoms with Crippen molar-refractivity contribution in [2.75, 3.05) is 10.6 Å². The van der Waals surface area contributed by atoms with Crippen LogP contribution in [0.2, 0.25) is 0 Å². The average Bonchev–Trinajstić information content (AvgIpc) is 2.37. The molecule has 0 radical (unpaired) electrons. The molecule has 2 nitrogen and oxygen atoms in total. The maximum Gasteiger partial charge on any atom is 0.175 e. The number of nitrogens with one attached hydrogen (secondary N) is 2. The summed E-state index contributed by atoms with van der Waals surface area (Å²) in [5, 5.41) is 6.01. The van der Waals surface area contributed by atoms with E-state index in [4.69, 9.17) is 12.2 Å². The first-order valence-electron chi connectivity index (χ1n) is 6.20. The molecule has 104 valence electrons. The third kappa shape index (κ3) is 3.99. The van der Waals surface area contributed by atoms with Crippen molar-refractivity contribution in [3.63, 3.8) is 0 Å². The molecular weight excluding hydrogens is 278 g/mol. The fourth-order valence-corrected chi connectivity index (χ4v) is 2.02. The maximum atomic E-state index is 13.1. The van der Waals surface area contributed by atoms with Gasteiger partial charge in [-0.3, -0.25) is 0 Å². The fraction of sp³-hybridized carbons (Fsp3) is 0.133. The summed E-state index contributed by atoms with van der Waals surface area (Å²) in [6.07, 6.45) is 0.921. The molecule has 0 aliphatic carbocycles. The number of hydrogen-bond acceptors (Lipinski definition) is 1. The summed E-state index contributed by atoms with van der Waals surface area (Å²) in [5.74, 6) is -1.30. The number of benzene rings is 2. The Labute approximate surface area is 121 Å². The van der Waals surface area contributed by atoms with Crippen molar-refractivity contribution in [1.29, 1.82) is 0 Å². The molecular formula is C15H14F2N2S. The largest absolute Gasteiger partial charge is 0.332 e. The molecule has 20 heavy (non-hydrogen) atoms. The highest BCUT2D eigenvalue weighted by Crippen LogP contribution is 2.15. The van der Waals surface area contributed by atoms with Crippen LogP contribution in [-0.4, -0.2) is 5.11 Å². The predicted molar refractivity (Wildman–Crippen MR) is 82.0 cm³/mol. The Balaban J connectivity index is 2.04. The van der Waals surface area contributed by atoms with E-state index in [9.17, 15) is 8.78 Å². The molecule has 2 aromatic carbocycles. The topological polar surface area (TPSA) is 24.1 Å². The van der Waals surface area contributed by atoms with Crippen molar-refractivity contribution >= 4 is 28.7 Å². The Bertz CT molecular complexity index is 609. The first-order chi connectivity index (χ1) is 9.56. The van der Waals surface area contributed by atoms with Gasteiger partial charge in [-0.15, -0.1) is 0 Å². The lowest BCUT2D eigenvalue weighted by molar-refractivity contribution is 0.584. The van der Waals surface area contributed by atoms with Gasteiger partial charge in [0, 0.05) is 17.4 Å². The number of thiocarbonyl (C=S) groups is 1. The van der Waals surface area contributed by atoms with Gasteiger partial charge in [-0.25, -0.2) is 8.78 Å². The van der Waals surface area contributed by atoms with Crippen molar-refractivity contribution in [2.24, 2.45) is 0 Å². The fourth-order valence-electron chi connectivity index (χ4n) is 1.79. The van der Waals surface area contributed by atoms with Crippen molar-refractivity contribution < 1.29 is 8.78 Å². The molecule has 0 aromatic heterocycles. The van der Waals surface area contributed by atoms with Gasteiger partial charge in [-0.05, 0) is 48.5 Å². The monoisotopic (exact) mass is 292 g/mol. The molecule has 0 saturated carbocycles. The van der Waals surface area contributed by atoms with Crippen LogP contribution in [-0.2, 0) is 6.42 Å². The van der Waals surface area contributed by atoms with Gasteiger partial charge in [0.15, 0.2) is 5.11 Å². The van der Waals surface area contributed by atoms with Gasteiger partial charge in [-0.1, -0.05) is 19.1 Å². The molecule has 0 unspecified atom stereocenters. The Morgan fingerprint density at radius 2 is 1.65 bits per heavy atom. The van der Waals surface area contributed by atoms with E-state index in [1.807, 2.05) is 24.3 Å². The molecule has 2 rings (SSSR count). The number of hydrogen-bond donors (Lipinski definition) is 2. The van der Waals surface area contributed by atoms with Gasteiger partial charge in [0.2, 0.25) is 0 Å². The zero-order valence-electron chi connectivity index (χ0n) is 10.9. The lowest BCUT2D eigenvalue weighted by atomic mass is 10.1. The van der Waals surface area contributed by atoms with Crippen molar-refractivity contribution in [1.82, 2.24) is 0 Å². The number of anilines is 2. The van der Waals surface area contributed by atoms with Crippen LogP contribution in [0.1, 0.15) is 12.5 Å². The summed E-state index contributed by atoms with van der Waals surface area (Å²) in [5.41, 5.74) is 2.28. The molecule has 0 amide bonds. The number of halogens is 2. The average molecular weight is 292 g/mol. The van der Waals surface area contributed by atoms with E-state index in [1.54, 1.807) is 0 Å². The van der Waals surface area contributed by atoms with E-state index in [2.05, 4.69) is 17.6 Å². The second-order valence-electron chi connectivity index (χ2n) is 4.29. The van der Waals surface area contributed by atoms with Gasteiger partial charge < -0.3 is 10.6 Å². The molecule has 0 fully saturated rings. The quantitative estimate of drug-likeness (QED) is 0.823. The SMILES string of the molecule is CCc1cccc(NC(=S)Nc2cc(F)cc(F)c2)c1. The van der Waals surface area contributed by atoms with Gasteiger partial charge >= 0.3 is 0 Å². The smallest absolute Gasteiger partial charge is 0.175 e. The third-order valence-electron chi connectivity index (χ3n) is 2.71. The maximum absolute atomic E-state index is 13.1. The van der Waals surface area contributed by atoms with Crippen molar-refractivity contribution in [3.05, 3.63) is 59.7 Å². The number of aryl methyl sites for hydroxylation is 1.